The van der Waals surface area contributed by atoms with Crippen LogP contribution in [0.2, 0.25) is 0 Å². The number of imidazole rings is 1. The van der Waals surface area contributed by atoms with Crippen LogP contribution in [0.4, 0.5) is 11.8 Å². The molecule has 1 aliphatic heterocycles. The number of nitrogens with zero attached hydrogens (tertiary/aromatic N) is 5. The molecule has 3 heterocycles. The lowest BCUT2D eigenvalue weighted by Gasteiger charge is -2.22. The Kier molecular flexibility index (Phi) is 7.46. The summed E-state index contributed by atoms with van der Waals surface area (Å²) in [5.74, 6) is 1.18. The Morgan fingerprint density at radius 2 is 1.67 bits per heavy atom. The second kappa shape index (κ2) is 11.6. The van der Waals surface area contributed by atoms with Gasteiger partial charge in [-0.1, -0.05) is 60.7 Å². The molecule has 2 aromatic carbocycles. The molecule has 2 saturated carbocycles. The van der Waals surface area contributed by atoms with Crippen LogP contribution in [0.25, 0.3) is 11.2 Å². The van der Waals surface area contributed by atoms with Crippen LogP contribution in [-0.2, 0) is 4.79 Å². The first-order chi connectivity index (χ1) is 21.0. The third kappa shape index (κ3) is 5.55. The van der Waals surface area contributed by atoms with Crippen molar-refractivity contribution in [2.45, 2.75) is 61.9 Å². The third-order valence-electron chi connectivity index (χ3n) is 9.08. The second-order valence-electron chi connectivity index (χ2n) is 12.1. The van der Waals surface area contributed by atoms with E-state index in [1.807, 2.05) is 41.0 Å². The van der Waals surface area contributed by atoms with E-state index in [-0.39, 0.29) is 23.8 Å². The number of anilines is 2. The van der Waals surface area contributed by atoms with Crippen LogP contribution in [0.3, 0.4) is 0 Å². The predicted octanol–water partition coefficient (Wildman–Crippen LogP) is 2.17. The molecule has 11 heteroatoms. The second-order valence-corrected chi connectivity index (χ2v) is 12.1. The van der Waals surface area contributed by atoms with E-state index in [1.54, 1.807) is 6.33 Å². The van der Waals surface area contributed by atoms with Gasteiger partial charge in [-0.15, -0.1) is 0 Å². The maximum Gasteiger partial charge on any atom is 0.229 e. The smallest absolute Gasteiger partial charge is 0.229 e. The average Bonchev–Trinajstić information content (AvgIpc) is 3.57. The van der Waals surface area contributed by atoms with E-state index in [9.17, 15) is 15.0 Å². The van der Waals surface area contributed by atoms with E-state index in [1.165, 1.54) is 11.1 Å². The van der Waals surface area contributed by atoms with E-state index in [2.05, 4.69) is 39.8 Å². The number of carbonyl (C=O) groups is 1. The van der Waals surface area contributed by atoms with E-state index >= 15 is 0 Å². The molecule has 0 radical (unpaired) electrons. The number of hydrogen-bond donors (Lipinski definition) is 5. The molecule has 2 aromatic heterocycles. The van der Waals surface area contributed by atoms with Crippen molar-refractivity contribution in [1.29, 1.82) is 0 Å². The minimum atomic E-state index is -1.09. The van der Waals surface area contributed by atoms with Crippen molar-refractivity contribution in [2.75, 3.05) is 29.9 Å². The highest BCUT2D eigenvalue weighted by Gasteiger charge is 2.45. The molecule has 1 amide bonds. The molecule has 224 valence electrons. The van der Waals surface area contributed by atoms with Crippen molar-refractivity contribution < 1.29 is 15.0 Å². The van der Waals surface area contributed by atoms with Crippen LogP contribution >= 0.6 is 0 Å². The topological polar surface area (TPSA) is 154 Å². The maximum absolute atomic E-state index is 12.4. The first-order valence-electron chi connectivity index (χ1n) is 15.2. The highest BCUT2D eigenvalue weighted by atomic mass is 16.3. The molecule has 2 aliphatic carbocycles. The summed E-state index contributed by atoms with van der Waals surface area (Å²) in [5.41, 5.74) is 9.76. The van der Waals surface area contributed by atoms with Crippen molar-refractivity contribution >= 4 is 28.8 Å². The van der Waals surface area contributed by atoms with Gasteiger partial charge in [0.1, 0.15) is 12.2 Å². The molecule has 1 saturated heterocycles. The van der Waals surface area contributed by atoms with Crippen LogP contribution in [0.1, 0.15) is 48.8 Å². The van der Waals surface area contributed by atoms with E-state index < -0.39 is 24.3 Å². The first kappa shape index (κ1) is 27.8. The van der Waals surface area contributed by atoms with Gasteiger partial charge in [0, 0.05) is 37.5 Å². The number of aromatic nitrogens is 4. The van der Waals surface area contributed by atoms with Gasteiger partial charge < -0.3 is 36.0 Å². The van der Waals surface area contributed by atoms with Gasteiger partial charge in [0.2, 0.25) is 11.9 Å². The minimum absolute atomic E-state index is 0.0174. The average molecular weight is 583 g/mol. The molecule has 3 fully saturated rings. The number of rotatable bonds is 9. The number of hydrogen-bond acceptors (Lipinski definition) is 9. The summed E-state index contributed by atoms with van der Waals surface area (Å²) < 4.78 is 1.82. The highest BCUT2D eigenvalue weighted by molar-refractivity contribution is 5.85. The molecule has 4 aromatic rings. The number of benzene rings is 2. The number of nitrogens with two attached hydrogens (primary N) is 1. The Hall–Kier alpha value is -4.06. The van der Waals surface area contributed by atoms with Crippen LogP contribution in [-0.4, -0.2) is 79.6 Å². The Labute approximate surface area is 250 Å². The van der Waals surface area contributed by atoms with Crippen molar-refractivity contribution in [3.8, 4) is 0 Å². The highest BCUT2D eigenvalue weighted by Crippen LogP contribution is 2.36. The molecule has 11 nitrogen and oxygen atoms in total. The Balaban J connectivity index is 1.22. The van der Waals surface area contributed by atoms with E-state index in [4.69, 9.17) is 20.7 Å². The maximum atomic E-state index is 12.4. The van der Waals surface area contributed by atoms with Crippen LogP contribution in [0.5, 0.6) is 0 Å². The van der Waals surface area contributed by atoms with Crippen molar-refractivity contribution in [1.82, 2.24) is 24.8 Å². The van der Waals surface area contributed by atoms with Crippen LogP contribution in [0.15, 0.2) is 67.0 Å². The van der Waals surface area contributed by atoms with Crippen molar-refractivity contribution in [3.63, 3.8) is 0 Å². The number of nitrogens with one attached hydrogen (secondary N) is 2. The van der Waals surface area contributed by atoms with Crippen LogP contribution in [0, 0.1) is 5.92 Å². The lowest BCUT2D eigenvalue weighted by Crippen LogP contribution is -2.43. The monoisotopic (exact) mass is 582 g/mol. The number of amides is 1. The summed E-state index contributed by atoms with van der Waals surface area (Å²) in [7, 11) is 0. The Bertz CT molecular complexity index is 1540. The fourth-order valence-electron chi connectivity index (χ4n) is 6.45. The molecule has 0 unspecified atom stereocenters. The number of aliphatic hydroxyl groups is 2. The van der Waals surface area contributed by atoms with E-state index in [0.29, 0.717) is 42.4 Å². The number of carbonyl (C=O) groups excluding carboxylic acids is 1. The molecular weight excluding hydrogens is 544 g/mol. The standard InChI is InChI=1S/C32H38N8O3/c33-22-13-14-39(17-22)32-37-29(34-16-23(19-7-3-1-4-8-19)20-9-5-2-6-10-20)26-30(38-32)40(18-35-26)25-15-24(27(41)28(25)42)36-31(43)21-11-12-21/h1-10,18,21-25,27-28,41-42H,11-17,33H2,(H,36,43)(H,34,37,38)/t22-,24+,25-,27-,28+/m1/s1. The summed E-state index contributed by atoms with van der Waals surface area (Å²) in [6, 6.07) is 19.7. The van der Waals surface area contributed by atoms with Gasteiger partial charge in [-0.2, -0.15) is 9.97 Å². The van der Waals surface area contributed by atoms with Crippen molar-refractivity contribution in [2.24, 2.45) is 11.7 Å². The Morgan fingerprint density at radius 1 is 0.977 bits per heavy atom. The summed E-state index contributed by atoms with van der Waals surface area (Å²) in [6.45, 7) is 1.97. The van der Waals surface area contributed by atoms with Gasteiger partial charge in [0.05, 0.1) is 18.4 Å². The van der Waals surface area contributed by atoms with Crippen LogP contribution < -0.4 is 21.3 Å². The van der Waals surface area contributed by atoms with Gasteiger partial charge >= 0.3 is 0 Å². The third-order valence-corrected chi connectivity index (χ3v) is 9.08. The fourth-order valence-corrected chi connectivity index (χ4v) is 6.45. The molecule has 5 atom stereocenters. The molecule has 0 bridgehead atoms. The summed E-state index contributed by atoms with van der Waals surface area (Å²) >= 11 is 0. The van der Waals surface area contributed by atoms with Crippen molar-refractivity contribution in [3.05, 3.63) is 78.1 Å². The van der Waals surface area contributed by atoms with Gasteiger partial charge in [0.25, 0.3) is 0 Å². The number of aliphatic hydroxyl groups excluding tert-OH is 2. The fraction of sp³-hybridized carbons (Fsp3) is 0.438. The lowest BCUT2D eigenvalue weighted by molar-refractivity contribution is -0.123. The molecule has 43 heavy (non-hydrogen) atoms. The number of fused-ring (bicyclic) bond motifs is 1. The first-order valence-corrected chi connectivity index (χ1v) is 15.2. The largest absolute Gasteiger partial charge is 0.388 e. The summed E-state index contributed by atoms with van der Waals surface area (Å²) in [5, 5.41) is 28.5. The Morgan fingerprint density at radius 3 is 2.30 bits per heavy atom. The zero-order chi connectivity index (χ0) is 29.5. The molecule has 6 N–H and O–H groups in total. The van der Waals surface area contributed by atoms with Gasteiger partial charge in [0.15, 0.2) is 17.0 Å². The predicted molar refractivity (Wildman–Crippen MR) is 164 cm³/mol. The molecule has 3 aliphatic rings. The molecule has 7 rings (SSSR count). The van der Waals surface area contributed by atoms with E-state index in [0.717, 1.165) is 25.8 Å². The van der Waals surface area contributed by atoms with Gasteiger partial charge in [-0.3, -0.25) is 4.79 Å². The lowest BCUT2D eigenvalue weighted by atomic mass is 9.91. The SMILES string of the molecule is N[C@@H]1CCN(c2nc(NCC(c3ccccc3)c3ccccc3)c3ncn([C@@H]4C[C@H](NC(=O)C5CC5)[C@@H](O)[C@H]4O)c3n2)C1. The van der Waals surface area contributed by atoms with Gasteiger partial charge in [-0.25, -0.2) is 4.98 Å². The zero-order valence-electron chi connectivity index (χ0n) is 24.0. The van der Waals surface area contributed by atoms with Gasteiger partial charge in [-0.05, 0) is 36.8 Å². The molecular formula is C32H38N8O3. The summed E-state index contributed by atoms with van der Waals surface area (Å²) in [4.78, 5) is 29.1. The normalized spacial score (nSPS) is 25.5. The summed E-state index contributed by atoms with van der Waals surface area (Å²) in [6.07, 6.45) is 2.45. The zero-order valence-corrected chi connectivity index (χ0v) is 24.0. The molecule has 0 spiro atoms. The quantitative estimate of drug-likeness (QED) is 0.200. The minimum Gasteiger partial charge on any atom is -0.388 e.